The van der Waals surface area contributed by atoms with E-state index in [-0.39, 0.29) is 17.7 Å². The topological polar surface area (TPSA) is 80.3 Å². The molecule has 0 saturated heterocycles. The van der Waals surface area contributed by atoms with Crippen LogP contribution >= 0.6 is 11.3 Å². The Bertz CT molecular complexity index is 1110. The molecule has 0 fully saturated rings. The summed E-state index contributed by atoms with van der Waals surface area (Å²) in [6.45, 7) is 4.01. The predicted molar refractivity (Wildman–Crippen MR) is 119 cm³/mol. The van der Waals surface area contributed by atoms with Crippen LogP contribution in [-0.2, 0) is 11.2 Å². The van der Waals surface area contributed by atoms with Crippen LogP contribution in [-0.4, -0.2) is 23.9 Å². The number of fused-ring (bicyclic) bond motifs is 1. The lowest BCUT2D eigenvalue weighted by Crippen LogP contribution is -2.20. The summed E-state index contributed by atoms with van der Waals surface area (Å²) in [5, 5.41) is 6.40. The van der Waals surface area contributed by atoms with Crippen LogP contribution in [0.25, 0.3) is 0 Å². The first-order valence-electron chi connectivity index (χ1n) is 9.77. The van der Waals surface area contributed by atoms with E-state index in [2.05, 4.69) is 15.6 Å². The molecular weight excluding hydrogens is 398 g/mol. The third-order valence-electron chi connectivity index (χ3n) is 5.25. The fourth-order valence-electron chi connectivity index (χ4n) is 3.62. The third-order valence-corrected chi connectivity index (χ3v) is 6.29. The zero-order chi connectivity index (χ0) is 21.3. The highest BCUT2D eigenvalue weighted by atomic mass is 32.1. The molecule has 0 bridgehead atoms. The molecule has 1 aromatic heterocycles. The normalized spacial score (nSPS) is 14.8. The van der Waals surface area contributed by atoms with Crippen LogP contribution in [0.2, 0.25) is 0 Å². The number of carbonyl (C=O) groups excluding carboxylic acids is 2. The van der Waals surface area contributed by atoms with Gasteiger partial charge >= 0.3 is 0 Å². The first-order valence-corrected chi connectivity index (χ1v) is 10.6. The van der Waals surface area contributed by atoms with Crippen molar-refractivity contribution in [3.8, 4) is 5.75 Å². The lowest BCUT2D eigenvalue weighted by molar-refractivity contribution is -0.117. The van der Waals surface area contributed by atoms with Gasteiger partial charge in [0, 0.05) is 16.1 Å². The fourth-order valence-corrected chi connectivity index (χ4v) is 4.65. The van der Waals surface area contributed by atoms with Crippen LogP contribution in [0.5, 0.6) is 5.75 Å². The number of thiazole rings is 1. The summed E-state index contributed by atoms with van der Waals surface area (Å²) in [7, 11) is 1.58. The average molecular weight is 422 g/mol. The number of carbonyl (C=O) groups is 2. The van der Waals surface area contributed by atoms with Crippen molar-refractivity contribution in [2.24, 2.45) is 0 Å². The van der Waals surface area contributed by atoms with Crippen molar-refractivity contribution in [1.29, 1.82) is 0 Å². The van der Waals surface area contributed by atoms with Gasteiger partial charge in [-0.05, 0) is 62.6 Å². The van der Waals surface area contributed by atoms with Crippen molar-refractivity contribution in [3.05, 3.63) is 69.7 Å². The molecule has 154 valence electrons. The van der Waals surface area contributed by atoms with Gasteiger partial charge < -0.3 is 10.1 Å². The van der Waals surface area contributed by atoms with E-state index in [9.17, 15) is 9.59 Å². The van der Waals surface area contributed by atoms with Crippen molar-refractivity contribution >= 4 is 34.0 Å². The summed E-state index contributed by atoms with van der Waals surface area (Å²) < 4.78 is 5.12. The second kappa shape index (κ2) is 8.28. The predicted octanol–water partition coefficient (Wildman–Crippen LogP) is 4.69. The molecule has 1 aliphatic carbocycles. The van der Waals surface area contributed by atoms with Crippen LogP contribution < -0.4 is 15.4 Å². The standard InChI is InChI=1S/C23H23N3O3S/c1-13-4-10-18(14(2)12-13)24-22(28)17-9-11-19-20(17)25-23(30-19)26-21(27)15-5-7-16(29-3)8-6-15/h4-8,10,12,17H,9,11H2,1-3H3,(H,24,28)(H,25,26,27). The van der Waals surface area contributed by atoms with Gasteiger partial charge in [-0.2, -0.15) is 0 Å². The minimum atomic E-state index is -0.302. The number of amides is 2. The number of rotatable bonds is 5. The van der Waals surface area contributed by atoms with E-state index in [0.717, 1.165) is 40.2 Å². The van der Waals surface area contributed by atoms with Gasteiger partial charge in [-0.3, -0.25) is 14.9 Å². The number of anilines is 2. The first-order chi connectivity index (χ1) is 14.4. The number of aryl methyl sites for hydroxylation is 3. The smallest absolute Gasteiger partial charge is 0.257 e. The van der Waals surface area contributed by atoms with E-state index >= 15 is 0 Å². The maximum absolute atomic E-state index is 12.9. The molecule has 6 nitrogen and oxygen atoms in total. The van der Waals surface area contributed by atoms with Crippen molar-refractivity contribution in [2.75, 3.05) is 17.7 Å². The van der Waals surface area contributed by atoms with Crippen molar-refractivity contribution < 1.29 is 14.3 Å². The van der Waals surface area contributed by atoms with Gasteiger partial charge in [-0.15, -0.1) is 11.3 Å². The highest BCUT2D eigenvalue weighted by Crippen LogP contribution is 2.39. The van der Waals surface area contributed by atoms with Gasteiger partial charge in [-0.25, -0.2) is 4.98 Å². The van der Waals surface area contributed by atoms with E-state index in [1.54, 1.807) is 31.4 Å². The molecule has 1 unspecified atom stereocenters. The minimum Gasteiger partial charge on any atom is -0.497 e. The van der Waals surface area contributed by atoms with Crippen LogP contribution in [0.1, 0.15) is 44.4 Å². The fraction of sp³-hybridized carbons (Fsp3) is 0.261. The second-order valence-corrected chi connectivity index (χ2v) is 8.49. The molecule has 0 spiro atoms. The SMILES string of the molecule is COc1ccc(C(=O)Nc2nc3c(s2)CCC3C(=O)Nc2ccc(C)cc2C)cc1. The van der Waals surface area contributed by atoms with E-state index in [1.165, 1.54) is 11.3 Å². The first kappa shape index (κ1) is 20.1. The molecule has 0 aliphatic heterocycles. The highest BCUT2D eigenvalue weighted by molar-refractivity contribution is 7.16. The van der Waals surface area contributed by atoms with Crippen molar-refractivity contribution in [3.63, 3.8) is 0 Å². The number of aromatic nitrogens is 1. The molecule has 2 amide bonds. The molecule has 30 heavy (non-hydrogen) atoms. The Hall–Kier alpha value is -3.19. The number of nitrogens with one attached hydrogen (secondary N) is 2. The number of benzene rings is 2. The quantitative estimate of drug-likeness (QED) is 0.626. The summed E-state index contributed by atoms with van der Waals surface area (Å²) in [5.41, 5.74) is 4.31. The Morgan fingerprint density at radius 1 is 1.10 bits per heavy atom. The lowest BCUT2D eigenvalue weighted by Gasteiger charge is -2.13. The average Bonchev–Trinajstić information content (AvgIpc) is 3.30. The molecule has 7 heteroatoms. The van der Waals surface area contributed by atoms with Crippen LogP contribution in [0, 0.1) is 13.8 Å². The maximum Gasteiger partial charge on any atom is 0.257 e. The maximum atomic E-state index is 12.9. The Balaban J connectivity index is 1.46. The largest absolute Gasteiger partial charge is 0.497 e. The van der Waals surface area contributed by atoms with E-state index in [1.807, 2.05) is 32.0 Å². The van der Waals surface area contributed by atoms with Crippen LogP contribution in [0.15, 0.2) is 42.5 Å². The summed E-state index contributed by atoms with van der Waals surface area (Å²) in [4.78, 5) is 31.0. The number of hydrogen-bond donors (Lipinski definition) is 2. The lowest BCUT2D eigenvalue weighted by atomic mass is 10.1. The molecular formula is C23H23N3O3S. The molecule has 1 aliphatic rings. The van der Waals surface area contributed by atoms with Gasteiger partial charge in [0.2, 0.25) is 5.91 Å². The van der Waals surface area contributed by atoms with Crippen LogP contribution in [0.4, 0.5) is 10.8 Å². The Kier molecular flexibility index (Phi) is 5.55. The second-order valence-electron chi connectivity index (χ2n) is 7.41. The van der Waals surface area contributed by atoms with Gasteiger partial charge in [0.25, 0.3) is 5.91 Å². The summed E-state index contributed by atoms with van der Waals surface area (Å²) in [5.74, 6) is 0.0985. The Morgan fingerprint density at radius 2 is 1.87 bits per heavy atom. The molecule has 1 atom stereocenters. The van der Waals surface area contributed by atoms with Crippen LogP contribution in [0.3, 0.4) is 0 Å². The van der Waals surface area contributed by atoms with E-state index in [0.29, 0.717) is 16.4 Å². The zero-order valence-corrected chi connectivity index (χ0v) is 17.9. The summed E-state index contributed by atoms with van der Waals surface area (Å²) in [6, 6.07) is 12.9. The summed E-state index contributed by atoms with van der Waals surface area (Å²) in [6.07, 6.45) is 1.52. The molecule has 2 N–H and O–H groups in total. The van der Waals surface area contributed by atoms with Crippen molar-refractivity contribution in [2.45, 2.75) is 32.6 Å². The van der Waals surface area contributed by atoms with Gasteiger partial charge in [0.05, 0.1) is 18.7 Å². The molecule has 0 radical (unpaired) electrons. The number of methoxy groups -OCH3 is 1. The van der Waals surface area contributed by atoms with Gasteiger partial charge in [0.15, 0.2) is 5.13 Å². The highest BCUT2D eigenvalue weighted by Gasteiger charge is 2.33. The number of ether oxygens (including phenoxy) is 1. The molecule has 0 saturated carbocycles. The van der Waals surface area contributed by atoms with Crippen molar-refractivity contribution in [1.82, 2.24) is 4.98 Å². The van der Waals surface area contributed by atoms with E-state index in [4.69, 9.17) is 4.74 Å². The van der Waals surface area contributed by atoms with Gasteiger partial charge in [-0.1, -0.05) is 17.7 Å². The molecule has 4 rings (SSSR count). The van der Waals surface area contributed by atoms with E-state index < -0.39 is 0 Å². The number of nitrogens with zero attached hydrogens (tertiary/aromatic N) is 1. The molecule has 3 aromatic rings. The minimum absolute atomic E-state index is 0.0565. The summed E-state index contributed by atoms with van der Waals surface area (Å²) >= 11 is 1.44. The Morgan fingerprint density at radius 3 is 2.57 bits per heavy atom. The number of hydrogen-bond acceptors (Lipinski definition) is 5. The zero-order valence-electron chi connectivity index (χ0n) is 17.1. The molecule has 2 aromatic carbocycles. The molecule has 1 heterocycles. The monoisotopic (exact) mass is 421 g/mol. The third kappa shape index (κ3) is 4.07. The van der Waals surface area contributed by atoms with Gasteiger partial charge in [0.1, 0.15) is 5.75 Å². The Labute approximate surface area is 179 Å².